The number of benzene rings is 3. The van der Waals surface area contributed by atoms with Crippen LogP contribution in [-0.4, -0.2) is 38.7 Å². The number of para-hydroxylation sites is 1. The van der Waals surface area contributed by atoms with Crippen molar-refractivity contribution in [2.24, 2.45) is 22.1 Å². The Bertz CT molecular complexity index is 2010. The van der Waals surface area contributed by atoms with Gasteiger partial charge in [-0.25, -0.2) is 14.5 Å². The van der Waals surface area contributed by atoms with Crippen molar-refractivity contribution in [3.8, 4) is 11.4 Å². The van der Waals surface area contributed by atoms with Crippen molar-refractivity contribution in [2.75, 3.05) is 11.6 Å². The highest BCUT2D eigenvalue weighted by Crippen LogP contribution is 2.35. The summed E-state index contributed by atoms with van der Waals surface area (Å²) in [5, 5.41) is 24.0. The first kappa shape index (κ1) is 46.4. The minimum atomic E-state index is -0.679. The maximum absolute atomic E-state index is 14.3. The number of carbonyl (C=O) groups excluding carboxylic acids is 2. The topological polar surface area (TPSA) is 141 Å². The second-order valence-corrected chi connectivity index (χ2v) is 16.8. The van der Waals surface area contributed by atoms with Crippen LogP contribution in [0.15, 0.2) is 75.7 Å². The highest BCUT2D eigenvalue weighted by molar-refractivity contribution is 6.38. The molecule has 0 aliphatic rings. The molecule has 2 atom stereocenters. The fourth-order valence-corrected chi connectivity index (χ4v) is 7.39. The number of nitrogens with one attached hydrogen (secondary N) is 2. The predicted molar refractivity (Wildman–Crippen MR) is 235 cm³/mol. The van der Waals surface area contributed by atoms with E-state index in [4.69, 9.17) is 39.5 Å². The lowest BCUT2D eigenvalue weighted by Crippen LogP contribution is -2.39. The smallest absolute Gasteiger partial charge is 0.338 e. The molecule has 1 heterocycles. The number of alkyl halides is 1. The Balaban J connectivity index is 1.59. The average Bonchev–Trinajstić information content (AvgIpc) is 3.49. The van der Waals surface area contributed by atoms with Crippen molar-refractivity contribution >= 4 is 69.6 Å². The van der Waals surface area contributed by atoms with Gasteiger partial charge in [0.2, 0.25) is 5.91 Å². The lowest BCUT2D eigenvalue weighted by molar-refractivity contribution is -0.121. The number of esters is 1. The van der Waals surface area contributed by atoms with E-state index in [0.717, 1.165) is 30.4 Å². The van der Waals surface area contributed by atoms with Gasteiger partial charge in [-0.1, -0.05) is 107 Å². The number of aromatic amines is 1. The second-order valence-electron chi connectivity index (χ2n) is 15.3. The van der Waals surface area contributed by atoms with Gasteiger partial charge in [0, 0.05) is 11.8 Å². The van der Waals surface area contributed by atoms with Gasteiger partial charge in [0.1, 0.15) is 11.4 Å². The molecule has 11 nitrogen and oxygen atoms in total. The van der Waals surface area contributed by atoms with Crippen molar-refractivity contribution < 1.29 is 19.4 Å². The summed E-state index contributed by atoms with van der Waals surface area (Å²) in [6.45, 7) is 10.3. The van der Waals surface area contributed by atoms with E-state index in [1.54, 1.807) is 43.3 Å². The van der Waals surface area contributed by atoms with Crippen LogP contribution in [0.4, 0.5) is 22.9 Å². The molecular weight excluding hydrogens is 799 g/mol. The average molecular weight is 856 g/mol. The van der Waals surface area contributed by atoms with Crippen LogP contribution in [0.3, 0.4) is 0 Å². The number of aromatic hydroxyl groups is 1. The predicted octanol–water partition coefficient (Wildman–Crippen LogP) is 12.7. The van der Waals surface area contributed by atoms with E-state index in [1.807, 2.05) is 19.9 Å². The van der Waals surface area contributed by atoms with Crippen LogP contribution in [0.25, 0.3) is 5.69 Å². The molecule has 0 aliphatic heterocycles. The number of amides is 1. The van der Waals surface area contributed by atoms with Gasteiger partial charge in [-0.3, -0.25) is 20.1 Å². The van der Waals surface area contributed by atoms with Crippen molar-refractivity contribution in [1.29, 1.82) is 0 Å². The number of phenols is 1. The monoisotopic (exact) mass is 854 g/mol. The van der Waals surface area contributed by atoms with Crippen molar-refractivity contribution in [3.05, 3.63) is 92.2 Å². The molecule has 0 aliphatic carbocycles. The molecule has 0 saturated carbocycles. The molecule has 1 aromatic heterocycles. The zero-order chi connectivity index (χ0) is 42.2. The van der Waals surface area contributed by atoms with Crippen molar-refractivity contribution in [2.45, 2.75) is 117 Å². The maximum Gasteiger partial charge on any atom is 0.338 e. The van der Waals surface area contributed by atoms with Crippen LogP contribution in [0.2, 0.25) is 10.0 Å². The third kappa shape index (κ3) is 13.9. The summed E-state index contributed by atoms with van der Waals surface area (Å²) >= 11 is 19.5. The van der Waals surface area contributed by atoms with E-state index >= 15 is 0 Å². The van der Waals surface area contributed by atoms with E-state index in [9.17, 15) is 19.5 Å². The molecule has 314 valence electrons. The van der Waals surface area contributed by atoms with Gasteiger partial charge in [-0.2, -0.15) is 5.11 Å². The molecule has 3 N–H and O–H groups in total. The Kier molecular flexibility index (Phi) is 18.6. The van der Waals surface area contributed by atoms with E-state index in [2.05, 4.69) is 34.6 Å². The summed E-state index contributed by atoms with van der Waals surface area (Å²) in [4.78, 5) is 40.4. The Morgan fingerprint density at radius 3 is 2.17 bits per heavy atom. The maximum atomic E-state index is 14.3. The summed E-state index contributed by atoms with van der Waals surface area (Å²) in [7, 11) is 0. The van der Waals surface area contributed by atoms with Crippen molar-refractivity contribution in [3.63, 3.8) is 0 Å². The van der Waals surface area contributed by atoms with Gasteiger partial charge >= 0.3 is 11.5 Å². The fourth-order valence-electron chi connectivity index (χ4n) is 6.60. The number of nitrogens with zero attached hydrogens (tertiary/aromatic N) is 4. The number of hydrazine groups is 1. The van der Waals surface area contributed by atoms with E-state index in [0.29, 0.717) is 35.7 Å². The van der Waals surface area contributed by atoms with Crippen LogP contribution >= 0.6 is 34.8 Å². The van der Waals surface area contributed by atoms with Gasteiger partial charge in [0.25, 0.3) is 0 Å². The molecule has 2 unspecified atom stereocenters. The Morgan fingerprint density at radius 1 is 0.879 bits per heavy atom. The number of carbonyl (C=O) groups is 2. The fraction of sp³-hybridized carbons (Fsp3) is 0.477. The summed E-state index contributed by atoms with van der Waals surface area (Å²) in [6.07, 6.45) is 11.7. The van der Waals surface area contributed by atoms with Gasteiger partial charge in [-0.15, -0.1) is 16.7 Å². The standard InChI is InChI=1S/C44H57Cl3N6O5/c1-6-58-44(57)33-27-36(46)41(37(47)28-33)53-43(56)40(49-48-34-23-24-38(54)32(26-34)25-29(2)3)42(51-53)52(35-18-14-12-15-19-35)50-39(55)20-16-11-9-7-8-10-13-17-30(4)21-22-31(5)45/h12,14-15,18-19,23-24,26-31,51,54H,6-11,13,16-17,20-22,25H2,1-5H3,(H,50,55)/b49-48+. The van der Waals surface area contributed by atoms with Gasteiger partial charge in [0.15, 0.2) is 11.5 Å². The SMILES string of the molecule is CCOC(=O)c1cc(Cl)c(-n2[nH]c(N(NC(=O)CCCCCCCCCC(C)CCC(C)Cl)c3ccccc3)c(/N=N/c3ccc(O)c(CC(C)C)c3)c2=O)c(Cl)c1. The molecule has 3 aromatic carbocycles. The third-order valence-electron chi connectivity index (χ3n) is 9.69. The molecule has 14 heteroatoms. The van der Waals surface area contributed by atoms with E-state index < -0.39 is 11.5 Å². The zero-order valence-electron chi connectivity index (χ0n) is 34.2. The molecule has 0 spiro atoms. The molecular formula is C44H57Cl3N6O5. The number of hydrogen-bond acceptors (Lipinski definition) is 8. The number of ether oxygens (including phenoxy) is 1. The molecule has 4 aromatic rings. The Labute approximate surface area is 357 Å². The van der Waals surface area contributed by atoms with Crippen LogP contribution in [0, 0.1) is 11.8 Å². The first-order valence-electron chi connectivity index (χ1n) is 20.3. The van der Waals surface area contributed by atoms with E-state index in [-0.39, 0.29) is 68.8 Å². The van der Waals surface area contributed by atoms with Gasteiger partial charge < -0.3 is 9.84 Å². The Hall–Kier alpha value is -4.32. The van der Waals surface area contributed by atoms with Crippen LogP contribution in [0.5, 0.6) is 5.75 Å². The second kappa shape index (κ2) is 23.3. The number of H-pyrrole nitrogens is 1. The first-order valence-corrected chi connectivity index (χ1v) is 21.5. The Morgan fingerprint density at radius 2 is 1.53 bits per heavy atom. The summed E-state index contributed by atoms with van der Waals surface area (Å²) in [5.74, 6) is 0.320. The molecule has 0 saturated heterocycles. The van der Waals surface area contributed by atoms with Crippen LogP contribution in [-0.2, 0) is 16.0 Å². The highest BCUT2D eigenvalue weighted by Gasteiger charge is 2.26. The van der Waals surface area contributed by atoms with Crippen LogP contribution < -0.4 is 16.0 Å². The first-order chi connectivity index (χ1) is 27.8. The highest BCUT2D eigenvalue weighted by atomic mass is 35.5. The van der Waals surface area contributed by atoms with E-state index in [1.165, 1.54) is 55.3 Å². The zero-order valence-corrected chi connectivity index (χ0v) is 36.5. The van der Waals surface area contributed by atoms with Crippen molar-refractivity contribution in [1.82, 2.24) is 15.2 Å². The molecule has 1 amide bonds. The lowest BCUT2D eigenvalue weighted by atomic mass is 9.97. The number of rotatable bonds is 23. The number of aromatic nitrogens is 2. The minimum Gasteiger partial charge on any atom is -0.508 e. The number of anilines is 2. The number of unbranched alkanes of at least 4 members (excludes halogenated alkanes) is 6. The molecule has 0 bridgehead atoms. The minimum absolute atomic E-state index is 0.00686. The molecule has 0 fully saturated rings. The van der Waals surface area contributed by atoms with Gasteiger partial charge in [0.05, 0.1) is 33.6 Å². The lowest BCUT2D eigenvalue weighted by Gasteiger charge is -2.24. The summed E-state index contributed by atoms with van der Waals surface area (Å²) < 4.78 is 6.22. The van der Waals surface area contributed by atoms with Gasteiger partial charge in [-0.05, 0) is 99.4 Å². The van der Waals surface area contributed by atoms with Crippen LogP contribution in [0.1, 0.15) is 121 Å². The third-order valence-corrected chi connectivity index (χ3v) is 10.5. The molecule has 58 heavy (non-hydrogen) atoms. The molecule has 4 rings (SSSR count). The largest absolute Gasteiger partial charge is 0.508 e. The number of phenolic OH excluding ortho intramolecular Hbond substituents is 1. The number of azo groups is 1. The molecule has 0 radical (unpaired) electrons. The number of halogens is 3. The number of hydrogen-bond donors (Lipinski definition) is 3. The summed E-state index contributed by atoms with van der Waals surface area (Å²) in [6, 6.07) is 16.6. The normalized spacial score (nSPS) is 12.6. The quantitative estimate of drug-likeness (QED) is 0.0223. The summed E-state index contributed by atoms with van der Waals surface area (Å²) in [5.41, 5.74) is 3.93.